The zero-order valence-corrected chi connectivity index (χ0v) is 11.3. The summed E-state index contributed by atoms with van der Waals surface area (Å²) in [7, 11) is 0. The zero-order valence-electron chi connectivity index (χ0n) is 11.3. The Bertz CT molecular complexity index is 606. The number of aromatic amines is 2. The number of nitrogens with zero attached hydrogens (tertiary/aromatic N) is 3. The van der Waals surface area contributed by atoms with Crippen LogP contribution in [0.3, 0.4) is 0 Å². The van der Waals surface area contributed by atoms with Gasteiger partial charge in [0, 0.05) is 12.7 Å². The number of β-amino-alcohol motifs (C(OH)–C–C–N with tert-alkyl or cyclic N) is 1. The lowest BCUT2D eigenvalue weighted by molar-refractivity contribution is -0.0321. The summed E-state index contributed by atoms with van der Waals surface area (Å²) in [6.07, 6.45) is 4.56. The van der Waals surface area contributed by atoms with Crippen LogP contribution >= 0.6 is 0 Å². The number of H-pyrrole nitrogens is 2. The molecule has 106 valence electrons. The van der Waals surface area contributed by atoms with Crippen LogP contribution in [0.4, 0.5) is 0 Å². The molecule has 1 unspecified atom stereocenters. The summed E-state index contributed by atoms with van der Waals surface area (Å²) < 4.78 is 0. The molecule has 0 spiro atoms. The summed E-state index contributed by atoms with van der Waals surface area (Å²) in [6, 6.07) is 1.86. The Labute approximate surface area is 116 Å². The van der Waals surface area contributed by atoms with E-state index in [1.807, 2.05) is 13.0 Å². The molecule has 0 radical (unpaired) electrons. The Hall–Kier alpha value is -2.15. The summed E-state index contributed by atoms with van der Waals surface area (Å²) in [4.78, 5) is 17.1. The maximum atomic E-state index is 12.5. The van der Waals surface area contributed by atoms with Crippen LogP contribution in [-0.4, -0.2) is 49.4 Å². The Morgan fingerprint density at radius 2 is 2.40 bits per heavy atom. The number of carbonyl (C=O) groups excluding carboxylic acids is 1. The SMILES string of the molecule is Cc1cc[nH]c1C(=O)N1CCCC(O)(c2cn[nH]n2)C1. The van der Waals surface area contributed by atoms with Gasteiger partial charge in [0.25, 0.3) is 5.91 Å². The molecule has 0 bridgehead atoms. The third-order valence-electron chi connectivity index (χ3n) is 3.82. The van der Waals surface area contributed by atoms with E-state index in [4.69, 9.17) is 0 Å². The van der Waals surface area contributed by atoms with Crippen LogP contribution in [0.5, 0.6) is 0 Å². The lowest BCUT2D eigenvalue weighted by Crippen LogP contribution is -2.49. The second kappa shape index (κ2) is 4.75. The van der Waals surface area contributed by atoms with Crippen LogP contribution < -0.4 is 0 Å². The molecular weight excluding hydrogens is 258 g/mol. The van der Waals surface area contributed by atoms with Crippen LogP contribution in [0.2, 0.25) is 0 Å². The van der Waals surface area contributed by atoms with E-state index in [0.29, 0.717) is 24.4 Å². The van der Waals surface area contributed by atoms with Gasteiger partial charge in [-0.25, -0.2) is 0 Å². The molecule has 1 atom stereocenters. The van der Waals surface area contributed by atoms with E-state index in [0.717, 1.165) is 12.0 Å². The second-order valence-corrected chi connectivity index (χ2v) is 5.25. The third-order valence-corrected chi connectivity index (χ3v) is 3.82. The normalized spacial score (nSPS) is 23.0. The van der Waals surface area contributed by atoms with Crippen molar-refractivity contribution < 1.29 is 9.90 Å². The highest BCUT2D eigenvalue weighted by Gasteiger charge is 2.39. The molecule has 3 rings (SSSR count). The van der Waals surface area contributed by atoms with Crippen molar-refractivity contribution in [3.63, 3.8) is 0 Å². The molecule has 1 aliphatic rings. The fourth-order valence-electron chi connectivity index (χ4n) is 2.68. The van der Waals surface area contributed by atoms with Gasteiger partial charge in [0.15, 0.2) is 0 Å². The molecule has 0 aromatic carbocycles. The number of aromatic nitrogens is 4. The van der Waals surface area contributed by atoms with E-state index in [2.05, 4.69) is 20.4 Å². The molecular formula is C13H17N5O2. The van der Waals surface area contributed by atoms with Crippen LogP contribution in [0.15, 0.2) is 18.5 Å². The Morgan fingerprint density at radius 1 is 1.55 bits per heavy atom. The Kier molecular flexibility index (Phi) is 3.06. The number of rotatable bonds is 2. The van der Waals surface area contributed by atoms with Crippen LogP contribution in [0.1, 0.15) is 34.6 Å². The quantitative estimate of drug-likeness (QED) is 0.746. The monoisotopic (exact) mass is 275 g/mol. The predicted octanol–water partition coefficient (Wildman–Crippen LogP) is 0.565. The van der Waals surface area contributed by atoms with E-state index >= 15 is 0 Å². The van der Waals surface area contributed by atoms with E-state index < -0.39 is 5.60 Å². The largest absolute Gasteiger partial charge is 0.382 e. The van der Waals surface area contributed by atoms with Gasteiger partial charge in [0.1, 0.15) is 17.0 Å². The number of likely N-dealkylation sites (tertiary alicyclic amines) is 1. The second-order valence-electron chi connectivity index (χ2n) is 5.25. The predicted molar refractivity (Wildman–Crippen MR) is 70.9 cm³/mol. The molecule has 20 heavy (non-hydrogen) atoms. The number of nitrogens with one attached hydrogen (secondary N) is 2. The Morgan fingerprint density at radius 3 is 3.05 bits per heavy atom. The lowest BCUT2D eigenvalue weighted by Gasteiger charge is -2.37. The lowest BCUT2D eigenvalue weighted by atomic mass is 9.90. The van der Waals surface area contributed by atoms with Crippen molar-refractivity contribution in [3.8, 4) is 0 Å². The summed E-state index contributed by atoms with van der Waals surface area (Å²) >= 11 is 0. The molecule has 3 N–H and O–H groups in total. The van der Waals surface area contributed by atoms with Crippen molar-refractivity contribution in [2.45, 2.75) is 25.4 Å². The van der Waals surface area contributed by atoms with E-state index in [9.17, 15) is 9.90 Å². The van der Waals surface area contributed by atoms with E-state index in [1.165, 1.54) is 6.20 Å². The standard InChI is InChI=1S/C13H17N5O2/c1-9-3-5-14-11(9)12(19)18-6-2-4-13(20,8-18)10-7-15-17-16-10/h3,5,7,14,20H,2,4,6,8H2,1H3,(H,15,16,17). The van der Waals surface area contributed by atoms with E-state index in [1.54, 1.807) is 11.1 Å². The highest BCUT2D eigenvalue weighted by Crippen LogP contribution is 2.30. The minimum atomic E-state index is -1.12. The molecule has 1 amide bonds. The zero-order chi connectivity index (χ0) is 14.2. The molecule has 0 saturated carbocycles. The van der Waals surface area contributed by atoms with Gasteiger partial charge in [0.05, 0.1) is 12.7 Å². The highest BCUT2D eigenvalue weighted by molar-refractivity contribution is 5.94. The molecule has 7 heteroatoms. The van der Waals surface area contributed by atoms with Crippen molar-refractivity contribution in [3.05, 3.63) is 35.4 Å². The van der Waals surface area contributed by atoms with Gasteiger partial charge in [-0.15, -0.1) is 0 Å². The molecule has 7 nitrogen and oxygen atoms in total. The number of hydrogen-bond donors (Lipinski definition) is 3. The van der Waals surface area contributed by atoms with Gasteiger partial charge in [-0.05, 0) is 31.4 Å². The first-order chi connectivity index (χ1) is 9.60. The first-order valence-electron chi connectivity index (χ1n) is 6.62. The van der Waals surface area contributed by atoms with Crippen molar-refractivity contribution in [2.24, 2.45) is 0 Å². The molecule has 3 heterocycles. The molecule has 1 saturated heterocycles. The van der Waals surface area contributed by atoms with Gasteiger partial charge in [-0.1, -0.05) is 0 Å². The van der Waals surface area contributed by atoms with Crippen molar-refractivity contribution in [1.82, 2.24) is 25.3 Å². The molecule has 1 aliphatic heterocycles. The summed E-state index contributed by atoms with van der Waals surface area (Å²) in [5.41, 5.74) is 0.847. The fourth-order valence-corrected chi connectivity index (χ4v) is 2.68. The van der Waals surface area contributed by atoms with Crippen molar-refractivity contribution in [1.29, 1.82) is 0 Å². The van der Waals surface area contributed by atoms with Gasteiger partial charge in [0.2, 0.25) is 0 Å². The van der Waals surface area contributed by atoms with Gasteiger partial charge in [-0.2, -0.15) is 15.4 Å². The fraction of sp³-hybridized carbons (Fsp3) is 0.462. The summed E-state index contributed by atoms with van der Waals surface area (Å²) in [5.74, 6) is -0.0888. The average Bonchev–Trinajstić information content (AvgIpc) is 3.09. The minimum absolute atomic E-state index is 0.0888. The van der Waals surface area contributed by atoms with Crippen molar-refractivity contribution >= 4 is 5.91 Å². The molecule has 0 aliphatic carbocycles. The number of hydrogen-bond acceptors (Lipinski definition) is 4. The number of piperidine rings is 1. The first-order valence-corrected chi connectivity index (χ1v) is 6.62. The molecule has 2 aromatic rings. The van der Waals surface area contributed by atoms with Crippen LogP contribution in [-0.2, 0) is 5.60 Å². The van der Waals surface area contributed by atoms with Gasteiger partial charge in [-0.3, -0.25) is 4.79 Å². The topological polar surface area (TPSA) is 97.9 Å². The van der Waals surface area contributed by atoms with E-state index in [-0.39, 0.29) is 12.5 Å². The van der Waals surface area contributed by atoms with Crippen LogP contribution in [0, 0.1) is 6.92 Å². The van der Waals surface area contributed by atoms with Crippen molar-refractivity contribution in [2.75, 3.05) is 13.1 Å². The maximum Gasteiger partial charge on any atom is 0.270 e. The maximum absolute atomic E-state index is 12.5. The van der Waals surface area contributed by atoms with Gasteiger partial charge >= 0.3 is 0 Å². The highest BCUT2D eigenvalue weighted by atomic mass is 16.3. The summed E-state index contributed by atoms with van der Waals surface area (Å²) in [5, 5.41) is 20.9. The van der Waals surface area contributed by atoms with Crippen LogP contribution in [0.25, 0.3) is 0 Å². The van der Waals surface area contributed by atoms with Gasteiger partial charge < -0.3 is 15.0 Å². The minimum Gasteiger partial charge on any atom is -0.382 e. The average molecular weight is 275 g/mol. The summed E-state index contributed by atoms with van der Waals surface area (Å²) in [6.45, 7) is 2.76. The number of carbonyl (C=O) groups is 1. The molecule has 2 aromatic heterocycles. The number of aryl methyl sites for hydroxylation is 1. The smallest absolute Gasteiger partial charge is 0.270 e. The third kappa shape index (κ3) is 2.09. The Balaban J connectivity index is 1.82. The molecule has 1 fully saturated rings. The number of aliphatic hydroxyl groups is 1. The number of amides is 1. The first kappa shape index (κ1) is 12.9.